The summed E-state index contributed by atoms with van der Waals surface area (Å²) >= 11 is 13.9. The summed E-state index contributed by atoms with van der Waals surface area (Å²) in [5, 5.41) is 2.86. The van der Waals surface area contributed by atoms with Gasteiger partial charge in [0.25, 0.3) is 0 Å². The molecule has 0 aliphatic carbocycles. The van der Waals surface area contributed by atoms with E-state index in [0.717, 1.165) is 34.7 Å². The van der Waals surface area contributed by atoms with Crippen LogP contribution in [-0.2, 0) is 12.8 Å². The molecule has 3 aromatic rings. The van der Waals surface area contributed by atoms with Gasteiger partial charge in [-0.1, -0.05) is 17.7 Å². The second kappa shape index (κ2) is 6.39. The second-order valence-electron chi connectivity index (χ2n) is 5.10. The predicted octanol–water partition coefficient (Wildman–Crippen LogP) is 5.34. The number of alkyl halides is 1. The average Bonchev–Trinajstić information content (AvgIpc) is 3.06. The van der Waals surface area contributed by atoms with Crippen LogP contribution in [0.15, 0.2) is 35.7 Å². The van der Waals surface area contributed by atoms with Crippen molar-refractivity contribution in [2.24, 2.45) is 0 Å². The summed E-state index contributed by atoms with van der Waals surface area (Å²) in [7, 11) is 0. The molecule has 0 saturated heterocycles. The van der Waals surface area contributed by atoms with E-state index in [-0.39, 0.29) is 0 Å². The van der Waals surface area contributed by atoms with Crippen molar-refractivity contribution < 1.29 is 0 Å². The van der Waals surface area contributed by atoms with Crippen molar-refractivity contribution in [3.8, 4) is 0 Å². The number of fused-ring (bicyclic) bond motifs is 1. The summed E-state index contributed by atoms with van der Waals surface area (Å²) in [6, 6.07) is 10.4. The first-order chi connectivity index (χ1) is 10.2. The van der Waals surface area contributed by atoms with Gasteiger partial charge >= 0.3 is 0 Å². The van der Waals surface area contributed by atoms with E-state index in [1.165, 1.54) is 4.88 Å². The van der Waals surface area contributed by atoms with Crippen LogP contribution in [-0.4, -0.2) is 15.4 Å². The molecule has 3 rings (SSSR count). The van der Waals surface area contributed by atoms with Crippen molar-refractivity contribution in [2.75, 3.05) is 5.88 Å². The maximum absolute atomic E-state index is 6.16. The number of imidazole rings is 1. The third-order valence-corrected chi connectivity index (χ3v) is 4.88. The van der Waals surface area contributed by atoms with E-state index in [0.29, 0.717) is 11.9 Å². The number of hydrogen-bond acceptors (Lipinski definition) is 2. The zero-order valence-electron chi connectivity index (χ0n) is 11.7. The summed E-state index contributed by atoms with van der Waals surface area (Å²) in [5.74, 6) is 1.61. The fourth-order valence-electron chi connectivity index (χ4n) is 2.68. The SMILES string of the molecule is CC(Cc1cccs1)n1c(CCCl)nc2ccc(Cl)cc21. The molecule has 0 aliphatic heterocycles. The van der Waals surface area contributed by atoms with Crippen LogP contribution < -0.4 is 0 Å². The van der Waals surface area contributed by atoms with E-state index in [1.807, 2.05) is 18.2 Å². The van der Waals surface area contributed by atoms with Gasteiger partial charge in [-0.15, -0.1) is 22.9 Å². The van der Waals surface area contributed by atoms with Crippen LogP contribution in [0.2, 0.25) is 5.02 Å². The van der Waals surface area contributed by atoms with Crippen molar-refractivity contribution >= 4 is 45.6 Å². The Labute approximate surface area is 138 Å². The molecule has 2 heterocycles. The summed E-state index contributed by atoms with van der Waals surface area (Å²) in [5.41, 5.74) is 2.07. The summed E-state index contributed by atoms with van der Waals surface area (Å²) in [6.07, 6.45) is 1.76. The van der Waals surface area contributed by atoms with Gasteiger partial charge in [-0.25, -0.2) is 4.98 Å². The lowest BCUT2D eigenvalue weighted by atomic mass is 10.2. The first-order valence-electron chi connectivity index (χ1n) is 6.93. The molecular weight excluding hydrogens is 323 g/mol. The number of benzene rings is 1. The van der Waals surface area contributed by atoms with Gasteiger partial charge in [0.05, 0.1) is 11.0 Å². The van der Waals surface area contributed by atoms with Gasteiger partial charge < -0.3 is 4.57 Å². The Hall–Kier alpha value is -1.03. The van der Waals surface area contributed by atoms with Gasteiger partial charge in [-0.05, 0) is 36.6 Å². The van der Waals surface area contributed by atoms with E-state index in [4.69, 9.17) is 28.2 Å². The first-order valence-corrected chi connectivity index (χ1v) is 8.73. The van der Waals surface area contributed by atoms with Crippen LogP contribution in [0.1, 0.15) is 23.7 Å². The third-order valence-electron chi connectivity index (χ3n) is 3.56. The van der Waals surface area contributed by atoms with Crippen LogP contribution in [0.5, 0.6) is 0 Å². The predicted molar refractivity (Wildman–Crippen MR) is 91.9 cm³/mol. The van der Waals surface area contributed by atoms with Crippen molar-refractivity contribution in [1.82, 2.24) is 9.55 Å². The van der Waals surface area contributed by atoms with Crippen LogP contribution in [0.4, 0.5) is 0 Å². The Morgan fingerprint density at radius 1 is 1.33 bits per heavy atom. The molecule has 2 aromatic heterocycles. The molecule has 0 saturated carbocycles. The van der Waals surface area contributed by atoms with Crippen LogP contribution in [0.25, 0.3) is 11.0 Å². The summed E-state index contributed by atoms with van der Waals surface area (Å²) < 4.78 is 2.28. The minimum Gasteiger partial charge on any atom is -0.325 e. The largest absolute Gasteiger partial charge is 0.325 e. The number of halogens is 2. The highest BCUT2D eigenvalue weighted by Gasteiger charge is 2.16. The van der Waals surface area contributed by atoms with Gasteiger partial charge in [0.15, 0.2) is 0 Å². The Morgan fingerprint density at radius 2 is 2.19 bits per heavy atom. The summed E-state index contributed by atoms with van der Waals surface area (Å²) in [6.45, 7) is 2.22. The van der Waals surface area contributed by atoms with Crippen molar-refractivity contribution in [3.63, 3.8) is 0 Å². The Kier molecular flexibility index (Phi) is 4.53. The van der Waals surface area contributed by atoms with Crippen molar-refractivity contribution in [2.45, 2.75) is 25.8 Å². The monoisotopic (exact) mass is 338 g/mol. The van der Waals surface area contributed by atoms with Gasteiger partial charge in [-0.3, -0.25) is 0 Å². The maximum Gasteiger partial charge on any atom is 0.111 e. The van der Waals surface area contributed by atoms with Crippen LogP contribution >= 0.6 is 34.5 Å². The van der Waals surface area contributed by atoms with E-state index in [9.17, 15) is 0 Å². The lowest BCUT2D eigenvalue weighted by molar-refractivity contribution is 0.541. The molecule has 1 unspecified atom stereocenters. The van der Waals surface area contributed by atoms with E-state index < -0.39 is 0 Å². The number of rotatable bonds is 5. The number of aryl methyl sites for hydroxylation is 1. The van der Waals surface area contributed by atoms with Crippen LogP contribution in [0.3, 0.4) is 0 Å². The molecule has 0 amide bonds. The summed E-state index contributed by atoms with van der Waals surface area (Å²) in [4.78, 5) is 6.10. The molecule has 21 heavy (non-hydrogen) atoms. The molecule has 0 fully saturated rings. The Balaban J connectivity index is 2.05. The Bertz CT molecular complexity index is 734. The van der Waals surface area contributed by atoms with Crippen LogP contribution in [0, 0.1) is 0 Å². The molecule has 1 aromatic carbocycles. The molecule has 0 spiro atoms. The number of nitrogens with zero attached hydrogens (tertiary/aromatic N) is 2. The van der Waals surface area contributed by atoms with Gasteiger partial charge in [-0.2, -0.15) is 0 Å². The molecule has 0 bridgehead atoms. The highest BCUT2D eigenvalue weighted by atomic mass is 35.5. The van der Waals surface area contributed by atoms with Crippen molar-refractivity contribution in [1.29, 1.82) is 0 Å². The van der Waals surface area contributed by atoms with Crippen molar-refractivity contribution in [3.05, 3.63) is 51.4 Å². The molecule has 1 atom stereocenters. The zero-order chi connectivity index (χ0) is 14.8. The lowest BCUT2D eigenvalue weighted by Crippen LogP contribution is -2.12. The number of thiophene rings is 1. The molecule has 0 N–H and O–H groups in total. The smallest absolute Gasteiger partial charge is 0.111 e. The zero-order valence-corrected chi connectivity index (χ0v) is 14.0. The quantitative estimate of drug-likeness (QED) is 0.574. The topological polar surface area (TPSA) is 17.8 Å². The van der Waals surface area contributed by atoms with E-state index in [1.54, 1.807) is 11.3 Å². The molecule has 2 nitrogen and oxygen atoms in total. The molecule has 0 radical (unpaired) electrons. The third kappa shape index (κ3) is 3.10. The van der Waals surface area contributed by atoms with Gasteiger partial charge in [0, 0.05) is 34.7 Å². The van der Waals surface area contributed by atoms with E-state index in [2.05, 4.69) is 29.0 Å². The minimum absolute atomic E-state index is 0.324. The fraction of sp³-hybridized carbons (Fsp3) is 0.312. The minimum atomic E-state index is 0.324. The molecule has 110 valence electrons. The molecule has 0 aliphatic rings. The average molecular weight is 339 g/mol. The highest BCUT2D eigenvalue weighted by Crippen LogP contribution is 2.27. The maximum atomic E-state index is 6.16. The second-order valence-corrected chi connectivity index (χ2v) is 6.95. The van der Waals surface area contributed by atoms with Gasteiger partial charge in [0.1, 0.15) is 5.82 Å². The fourth-order valence-corrected chi connectivity index (χ4v) is 3.84. The van der Waals surface area contributed by atoms with E-state index >= 15 is 0 Å². The number of hydrogen-bond donors (Lipinski definition) is 0. The normalized spacial score (nSPS) is 12.9. The first kappa shape index (κ1) is 14.9. The lowest BCUT2D eigenvalue weighted by Gasteiger charge is -2.17. The number of aromatic nitrogens is 2. The molecule has 5 heteroatoms. The highest BCUT2D eigenvalue weighted by molar-refractivity contribution is 7.09. The molecular formula is C16H16Cl2N2S. The standard InChI is InChI=1S/C16H16Cl2N2S/c1-11(9-13-3-2-8-21-13)20-15-10-12(18)4-5-14(15)19-16(20)6-7-17/h2-5,8,10-11H,6-7,9H2,1H3. The Morgan fingerprint density at radius 3 is 2.90 bits per heavy atom. The van der Waals surface area contributed by atoms with Gasteiger partial charge in [0.2, 0.25) is 0 Å².